The molecule has 0 bridgehead atoms. The van der Waals surface area contributed by atoms with E-state index in [2.05, 4.69) is 23.1 Å². The molecule has 14 heteroatoms. The maximum absolute atomic E-state index is 13.1. The van der Waals surface area contributed by atoms with Crippen molar-refractivity contribution in [2.75, 3.05) is 39.6 Å². The number of carbonyl (C=O) groups is 4. The lowest BCUT2D eigenvalue weighted by molar-refractivity contribution is -0.288. The minimum Gasteiger partial charge on any atom is -0.494 e. The smallest absolute Gasteiger partial charge is 0.342 e. The summed E-state index contributed by atoms with van der Waals surface area (Å²) in [5.74, 6) is -0.676. The predicted molar refractivity (Wildman–Crippen MR) is 238 cm³/mol. The lowest BCUT2D eigenvalue weighted by atomic mass is 10.1. The van der Waals surface area contributed by atoms with E-state index in [4.69, 9.17) is 37.9 Å². The van der Waals surface area contributed by atoms with Gasteiger partial charge < -0.3 is 37.9 Å². The number of aromatic nitrogens is 2. The van der Waals surface area contributed by atoms with Gasteiger partial charge in [-0.25, -0.2) is 19.2 Å². The van der Waals surface area contributed by atoms with Gasteiger partial charge in [0.1, 0.15) is 11.5 Å². The molecule has 2 aromatic heterocycles. The number of benzene rings is 2. The third kappa shape index (κ3) is 17.1. The number of rotatable bonds is 28. The molecule has 2 unspecified atom stereocenters. The molecule has 1 aliphatic heterocycles. The van der Waals surface area contributed by atoms with Gasteiger partial charge in [-0.2, -0.15) is 0 Å². The predicted octanol–water partition coefficient (Wildman–Crippen LogP) is 9.42. The molecule has 340 valence electrons. The molecule has 5 rings (SSSR count). The normalized spacial score (nSPS) is 14.4. The molecule has 2 atom stereocenters. The van der Waals surface area contributed by atoms with Gasteiger partial charge in [0.05, 0.1) is 62.2 Å². The Kier molecular flexibility index (Phi) is 21.0. The van der Waals surface area contributed by atoms with Gasteiger partial charge in [0.15, 0.2) is 0 Å². The number of hydrogen-bond acceptors (Lipinski definition) is 14. The van der Waals surface area contributed by atoms with E-state index in [1.54, 1.807) is 24.3 Å². The van der Waals surface area contributed by atoms with Crippen LogP contribution in [0.15, 0.2) is 111 Å². The fourth-order valence-electron chi connectivity index (χ4n) is 6.49. The number of nitrogens with zero attached hydrogens (tertiary/aromatic N) is 2. The second-order valence-corrected chi connectivity index (χ2v) is 14.9. The highest BCUT2D eigenvalue weighted by molar-refractivity contribution is 5.90. The Morgan fingerprint density at radius 3 is 1.20 bits per heavy atom. The number of pyridine rings is 2. The van der Waals surface area contributed by atoms with Crippen LogP contribution in [0.1, 0.15) is 97.8 Å². The van der Waals surface area contributed by atoms with Crippen LogP contribution >= 0.6 is 0 Å². The molecule has 0 radical (unpaired) electrons. The van der Waals surface area contributed by atoms with Crippen LogP contribution in [0.2, 0.25) is 0 Å². The number of carbonyl (C=O) groups excluding carboxylic acids is 4. The summed E-state index contributed by atoms with van der Waals surface area (Å²) in [5, 5.41) is 0. The van der Waals surface area contributed by atoms with Gasteiger partial charge in [-0.05, 0) is 98.5 Å². The van der Waals surface area contributed by atoms with Crippen molar-refractivity contribution < 1.29 is 57.1 Å². The Morgan fingerprint density at radius 2 is 0.859 bits per heavy atom. The number of hydrogen-bond donors (Lipinski definition) is 0. The average molecular weight is 879 g/mol. The molecule has 14 nitrogen and oxygen atoms in total. The Bertz CT molecular complexity index is 1910. The third-order valence-corrected chi connectivity index (χ3v) is 10.1. The Morgan fingerprint density at radius 1 is 0.500 bits per heavy atom. The van der Waals surface area contributed by atoms with Crippen molar-refractivity contribution >= 4 is 23.9 Å². The first-order valence-electron chi connectivity index (χ1n) is 21.9. The minimum atomic E-state index is -1.29. The zero-order valence-electron chi connectivity index (χ0n) is 36.3. The zero-order valence-corrected chi connectivity index (χ0v) is 36.3. The number of esters is 4. The minimum absolute atomic E-state index is 0.139. The topological polar surface area (TPSA) is 168 Å². The molecule has 0 aliphatic carbocycles. The lowest BCUT2D eigenvalue weighted by Gasteiger charge is -2.30. The molecule has 2 aromatic carbocycles. The first-order chi connectivity index (χ1) is 31.3. The van der Waals surface area contributed by atoms with Crippen molar-refractivity contribution in [1.82, 2.24) is 9.97 Å². The van der Waals surface area contributed by atoms with E-state index < -0.39 is 24.5 Å². The van der Waals surface area contributed by atoms with Gasteiger partial charge >= 0.3 is 23.9 Å². The Labute approximate surface area is 374 Å². The zero-order chi connectivity index (χ0) is 45.2. The van der Waals surface area contributed by atoms with E-state index in [1.165, 1.54) is 24.5 Å². The molecule has 1 aliphatic rings. The van der Waals surface area contributed by atoms with E-state index in [9.17, 15) is 19.2 Å². The molecule has 0 saturated carbocycles. The first kappa shape index (κ1) is 48.6. The van der Waals surface area contributed by atoms with Crippen molar-refractivity contribution in [2.24, 2.45) is 0 Å². The summed E-state index contributed by atoms with van der Waals surface area (Å²) in [5.41, 5.74) is 3.38. The summed E-state index contributed by atoms with van der Waals surface area (Å²) in [6.07, 6.45) is 14.7. The van der Waals surface area contributed by atoms with Crippen LogP contribution in [0, 0.1) is 0 Å². The Balaban J connectivity index is 0.987. The maximum atomic E-state index is 13.1. The van der Waals surface area contributed by atoms with Gasteiger partial charge in [-0.3, -0.25) is 9.97 Å². The van der Waals surface area contributed by atoms with Crippen LogP contribution in [-0.2, 0) is 38.0 Å². The van der Waals surface area contributed by atoms with Crippen molar-refractivity contribution in [3.63, 3.8) is 0 Å². The average Bonchev–Trinajstić information content (AvgIpc) is 3.33. The molecule has 0 N–H and O–H groups in total. The van der Waals surface area contributed by atoms with E-state index >= 15 is 0 Å². The summed E-state index contributed by atoms with van der Waals surface area (Å²) >= 11 is 0. The van der Waals surface area contributed by atoms with Gasteiger partial charge in [-0.15, -0.1) is 0 Å². The summed E-state index contributed by atoms with van der Waals surface area (Å²) in [4.78, 5) is 57.2. The van der Waals surface area contributed by atoms with Crippen LogP contribution < -0.4 is 9.47 Å². The van der Waals surface area contributed by atoms with Crippen molar-refractivity contribution in [3.8, 4) is 34.0 Å². The van der Waals surface area contributed by atoms with E-state index in [-0.39, 0.29) is 36.3 Å². The standard InChI is InChI=1S/C50H58N2O12/c1-3-45(53)59-31-15-11-7-5-9-13-29-57-41-23-17-37(18-24-41)43-27-21-39(35-51-43)47(55)63-49-50(62-34-33-61-49)64-48(56)40-22-28-44(52-36-40)38-19-25-42(26-20-38)58-30-14-10-6-8-12-16-32-60-46(54)4-2/h3-4,17-28,35-36,49-50H,1-2,5-16,29-34H2. The van der Waals surface area contributed by atoms with Crippen LogP contribution in [0.4, 0.5) is 0 Å². The van der Waals surface area contributed by atoms with Gasteiger partial charge in [0.25, 0.3) is 12.6 Å². The maximum Gasteiger partial charge on any atom is 0.342 e. The van der Waals surface area contributed by atoms with Crippen LogP contribution in [-0.4, -0.2) is 86.1 Å². The second-order valence-electron chi connectivity index (χ2n) is 14.9. The first-order valence-corrected chi connectivity index (χ1v) is 21.9. The summed E-state index contributed by atoms with van der Waals surface area (Å²) in [6.45, 7) is 9.14. The van der Waals surface area contributed by atoms with Gasteiger partial charge in [0.2, 0.25) is 0 Å². The highest BCUT2D eigenvalue weighted by Gasteiger charge is 2.34. The number of unbranched alkanes of at least 4 members (excludes halogenated alkanes) is 10. The van der Waals surface area contributed by atoms with Crippen molar-refractivity contribution in [2.45, 2.75) is 89.6 Å². The molecule has 0 amide bonds. The van der Waals surface area contributed by atoms with E-state index in [0.717, 1.165) is 99.7 Å². The fraction of sp³-hybridized carbons (Fsp3) is 0.400. The van der Waals surface area contributed by atoms with Crippen LogP contribution in [0.5, 0.6) is 11.5 Å². The molecule has 4 aromatic rings. The molecule has 3 heterocycles. The highest BCUT2D eigenvalue weighted by atomic mass is 16.8. The van der Waals surface area contributed by atoms with Crippen molar-refractivity contribution in [1.29, 1.82) is 0 Å². The fourth-order valence-corrected chi connectivity index (χ4v) is 6.49. The summed E-state index contributed by atoms with van der Waals surface area (Å²) in [7, 11) is 0. The molecule has 0 spiro atoms. The SMILES string of the molecule is C=CC(=O)OCCCCCCCCOc1ccc(-c2ccc(C(=O)OC3OCCOC3OC(=O)c3ccc(-c4ccc(OCCCCCCCCOC(=O)C=C)cc4)nc3)cn2)cc1. The third-order valence-electron chi connectivity index (χ3n) is 10.1. The molecular formula is C50H58N2O12. The molecule has 1 saturated heterocycles. The van der Waals surface area contributed by atoms with E-state index in [0.29, 0.717) is 37.8 Å². The monoisotopic (exact) mass is 878 g/mol. The van der Waals surface area contributed by atoms with Crippen LogP contribution in [0.25, 0.3) is 22.5 Å². The van der Waals surface area contributed by atoms with Gasteiger partial charge in [-0.1, -0.05) is 64.5 Å². The van der Waals surface area contributed by atoms with Crippen molar-refractivity contribution in [3.05, 3.63) is 122 Å². The highest BCUT2D eigenvalue weighted by Crippen LogP contribution is 2.24. The number of ether oxygens (including phenoxy) is 8. The second kappa shape index (κ2) is 27.6. The molecular weight excluding hydrogens is 821 g/mol. The van der Waals surface area contributed by atoms with E-state index in [1.807, 2.05) is 48.5 Å². The largest absolute Gasteiger partial charge is 0.494 e. The lowest BCUT2D eigenvalue weighted by Crippen LogP contribution is -2.44. The summed E-state index contributed by atoms with van der Waals surface area (Å²) in [6, 6.07) is 21.8. The Hall–Kier alpha value is -6.38. The molecule has 1 fully saturated rings. The van der Waals surface area contributed by atoms with Gasteiger partial charge in [0, 0.05) is 35.7 Å². The van der Waals surface area contributed by atoms with Crippen LogP contribution in [0.3, 0.4) is 0 Å². The molecule has 64 heavy (non-hydrogen) atoms. The summed E-state index contributed by atoms with van der Waals surface area (Å²) < 4.78 is 44.1. The quantitative estimate of drug-likeness (QED) is 0.0229.